The molecule has 20 heavy (non-hydrogen) atoms. The summed E-state index contributed by atoms with van der Waals surface area (Å²) in [6.07, 6.45) is 0. The Morgan fingerprint density at radius 3 is 2.60 bits per heavy atom. The van der Waals surface area contributed by atoms with Crippen molar-refractivity contribution in [3.63, 3.8) is 0 Å². The van der Waals surface area contributed by atoms with Crippen LogP contribution in [0.3, 0.4) is 0 Å². The minimum absolute atomic E-state index is 0.116. The summed E-state index contributed by atoms with van der Waals surface area (Å²) in [4.78, 5) is 2.09. The molecular weight excluding hydrogens is 341 g/mol. The fraction of sp³-hybridized carbons (Fsp3) is 0.214. The minimum Gasteiger partial charge on any atom is -0.384 e. The van der Waals surface area contributed by atoms with Crippen LogP contribution in [0.2, 0.25) is 0 Å². The van der Waals surface area contributed by atoms with E-state index in [1.165, 1.54) is 17.7 Å². The first-order valence-corrected chi connectivity index (χ1v) is 7.66. The van der Waals surface area contributed by atoms with Gasteiger partial charge in [0.05, 0.1) is 3.79 Å². The molecule has 0 amide bonds. The van der Waals surface area contributed by atoms with Crippen molar-refractivity contribution in [3.05, 3.63) is 55.9 Å². The SMILES string of the molecule is CN(Cc1cc(F)cc(C(=N)N)c1)Cc1csc(Br)c1. The Bertz CT molecular complexity index is 627. The van der Waals surface area contributed by atoms with Crippen molar-refractivity contribution < 1.29 is 4.39 Å². The predicted molar refractivity (Wildman–Crippen MR) is 84.6 cm³/mol. The fourth-order valence-corrected chi connectivity index (χ4v) is 3.21. The molecule has 0 aliphatic heterocycles. The van der Waals surface area contributed by atoms with Gasteiger partial charge >= 0.3 is 0 Å². The van der Waals surface area contributed by atoms with E-state index in [4.69, 9.17) is 11.1 Å². The largest absolute Gasteiger partial charge is 0.384 e. The summed E-state index contributed by atoms with van der Waals surface area (Å²) >= 11 is 5.08. The van der Waals surface area contributed by atoms with E-state index in [2.05, 4.69) is 32.3 Å². The first-order chi connectivity index (χ1) is 9.44. The second-order valence-corrected chi connectivity index (χ2v) is 6.98. The average molecular weight is 356 g/mol. The summed E-state index contributed by atoms with van der Waals surface area (Å²) < 4.78 is 14.6. The Morgan fingerprint density at radius 1 is 1.30 bits per heavy atom. The van der Waals surface area contributed by atoms with Crippen LogP contribution < -0.4 is 5.73 Å². The van der Waals surface area contributed by atoms with Gasteiger partial charge in [-0.1, -0.05) is 0 Å². The maximum atomic E-state index is 13.5. The molecule has 3 N–H and O–H groups in total. The molecule has 1 aromatic carbocycles. The lowest BCUT2D eigenvalue weighted by atomic mass is 10.1. The van der Waals surface area contributed by atoms with Crippen LogP contribution in [0.1, 0.15) is 16.7 Å². The highest BCUT2D eigenvalue weighted by Gasteiger charge is 2.07. The van der Waals surface area contributed by atoms with Gasteiger partial charge < -0.3 is 5.73 Å². The van der Waals surface area contributed by atoms with Gasteiger partial charge in [0, 0.05) is 18.7 Å². The molecule has 0 unspecified atom stereocenters. The number of nitrogen functional groups attached to an aromatic ring is 1. The van der Waals surface area contributed by atoms with Gasteiger partial charge in [-0.05, 0) is 63.8 Å². The number of nitrogens with zero attached hydrogens (tertiary/aromatic N) is 1. The van der Waals surface area contributed by atoms with Crippen molar-refractivity contribution >= 4 is 33.1 Å². The Hall–Kier alpha value is -1.24. The van der Waals surface area contributed by atoms with Crippen LogP contribution in [0.25, 0.3) is 0 Å². The monoisotopic (exact) mass is 355 g/mol. The van der Waals surface area contributed by atoms with Crippen LogP contribution >= 0.6 is 27.3 Å². The van der Waals surface area contributed by atoms with Gasteiger partial charge in [-0.3, -0.25) is 10.3 Å². The van der Waals surface area contributed by atoms with Crippen LogP contribution in [0.15, 0.2) is 33.4 Å². The number of nitrogens with one attached hydrogen (secondary N) is 1. The zero-order valence-electron chi connectivity index (χ0n) is 11.0. The molecule has 106 valence electrons. The first kappa shape index (κ1) is 15.2. The van der Waals surface area contributed by atoms with Crippen molar-refractivity contribution in [3.8, 4) is 0 Å². The van der Waals surface area contributed by atoms with E-state index >= 15 is 0 Å². The lowest BCUT2D eigenvalue weighted by molar-refractivity contribution is 0.319. The van der Waals surface area contributed by atoms with E-state index in [9.17, 15) is 4.39 Å². The highest BCUT2D eigenvalue weighted by Crippen LogP contribution is 2.22. The molecular formula is C14H15BrFN3S. The van der Waals surface area contributed by atoms with E-state index < -0.39 is 0 Å². The van der Waals surface area contributed by atoms with E-state index in [1.54, 1.807) is 17.4 Å². The molecule has 0 saturated carbocycles. The van der Waals surface area contributed by atoms with E-state index in [0.717, 1.165) is 15.9 Å². The van der Waals surface area contributed by atoms with Gasteiger partial charge in [-0.2, -0.15) is 0 Å². The Balaban J connectivity index is 2.07. The van der Waals surface area contributed by atoms with Crippen molar-refractivity contribution in [2.75, 3.05) is 7.05 Å². The zero-order valence-corrected chi connectivity index (χ0v) is 13.4. The fourth-order valence-electron chi connectivity index (χ4n) is 2.01. The van der Waals surface area contributed by atoms with Gasteiger partial charge in [-0.15, -0.1) is 11.3 Å². The molecule has 0 aliphatic carbocycles. The smallest absolute Gasteiger partial charge is 0.124 e. The van der Waals surface area contributed by atoms with E-state index in [-0.39, 0.29) is 11.7 Å². The Labute approximate surface area is 129 Å². The normalized spacial score (nSPS) is 11.0. The highest BCUT2D eigenvalue weighted by molar-refractivity contribution is 9.11. The number of amidine groups is 1. The number of halogens is 2. The van der Waals surface area contributed by atoms with Gasteiger partial charge in [0.25, 0.3) is 0 Å². The van der Waals surface area contributed by atoms with Gasteiger partial charge in [0.1, 0.15) is 11.7 Å². The summed E-state index contributed by atoms with van der Waals surface area (Å²) in [6, 6.07) is 6.59. The Morgan fingerprint density at radius 2 is 2.00 bits per heavy atom. The number of benzene rings is 1. The molecule has 2 rings (SSSR count). The summed E-state index contributed by atoms with van der Waals surface area (Å²) in [5, 5.41) is 9.48. The maximum absolute atomic E-state index is 13.5. The molecule has 0 radical (unpaired) electrons. The van der Waals surface area contributed by atoms with Crippen molar-refractivity contribution in [2.24, 2.45) is 5.73 Å². The second kappa shape index (κ2) is 6.47. The molecule has 6 heteroatoms. The van der Waals surface area contributed by atoms with Crippen LogP contribution in [0.5, 0.6) is 0 Å². The maximum Gasteiger partial charge on any atom is 0.124 e. The van der Waals surface area contributed by atoms with Crippen LogP contribution in [-0.4, -0.2) is 17.8 Å². The highest BCUT2D eigenvalue weighted by atomic mass is 79.9. The van der Waals surface area contributed by atoms with Gasteiger partial charge in [-0.25, -0.2) is 4.39 Å². The standard InChI is InChI=1S/C14H15BrFN3S/c1-19(7-10-4-13(15)20-8-10)6-9-2-11(14(17)18)5-12(16)3-9/h2-5,8H,6-7H2,1H3,(H3,17,18). The third-order valence-electron chi connectivity index (χ3n) is 2.80. The quantitative estimate of drug-likeness (QED) is 0.636. The van der Waals surface area contributed by atoms with Crippen LogP contribution in [-0.2, 0) is 13.1 Å². The molecule has 0 fully saturated rings. The number of rotatable bonds is 5. The van der Waals surface area contributed by atoms with Crippen LogP contribution in [0.4, 0.5) is 4.39 Å². The molecule has 0 bridgehead atoms. The lowest BCUT2D eigenvalue weighted by Crippen LogP contribution is -2.18. The molecule has 0 aliphatic rings. The number of nitrogens with two attached hydrogens (primary N) is 1. The third kappa shape index (κ3) is 4.13. The van der Waals surface area contributed by atoms with Crippen molar-refractivity contribution in [2.45, 2.75) is 13.1 Å². The summed E-state index contributed by atoms with van der Waals surface area (Å²) in [5.74, 6) is -0.477. The molecule has 1 heterocycles. The van der Waals surface area contributed by atoms with E-state index in [1.807, 2.05) is 7.05 Å². The predicted octanol–water partition coefficient (Wildman–Crippen LogP) is 3.57. The molecule has 0 spiro atoms. The topological polar surface area (TPSA) is 53.1 Å². The van der Waals surface area contributed by atoms with E-state index in [0.29, 0.717) is 12.1 Å². The molecule has 1 aromatic heterocycles. The van der Waals surface area contributed by atoms with Crippen LogP contribution in [0, 0.1) is 11.2 Å². The van der Waals surface area contributed by atoms with Crippen molar-refractivity contribution in [1.82, 2.24) is 4.90 Å². The summed E-state index contributed by atoms with van der Waals surface area (Å²) in [6.45, 7) is 1.39. The average Bonchev–Trinajstić information content (AvgIpc) is 2.73. The minimum atomic E-state index is -0.362. The Kier molecular flexibility index (Phi) is 4.91. The number of hydrogen-bond donors (Lipinski definition) is 2. The molecule has 3 nitrogen and oxygen atoms in total. The van der Waals surface area contributed by atoms with Gasteiger partial charge in [0.15, 0.2) is 0 Å². The van der Waals surface area contributed by atoms with Gasteiger partial charge in [0.2, 0.25) is 0 Å². The summed E-state index contributed by atoms with van der Waals surface area (Å²) in [7, 11) is 1.98. The van der Waals surface area contributed by atoms with Crippen molar-refractivity contribution in [1.29, 1.82) is 5.41 Å². The second-order valence-electron chi connectivity index (χ2n) is 4.69. The molecule has 0 saturated heterocycles. The first-order valence-electron chi connectivity index (χ1n) is 5.99. The molecule has 0 atom stereocenters. The lowest BCUT2D eigenvalue weighted by Gasteiger charge is -2.16. The number of thiophene rings is 1. The number of hydrogen-bond acceptors (Lipinski definition) is 3. The third-order valence-corrected chi connectivity index (χ3v) is 4.35. The molecule has 2 aromatic rings. The zero-order chi connectivity index (χ0) is 14.7. The summed E-state index contributed by atoms with van der Waals surface area (Å²) in [5.41, 5.74) is 7.86.